The Kier molecular flexibility index (Phi) is 3.97. The molecule has 0 saturated heterocycles. The number of halogens is 1. The van der Waals surface area contributed by atoms with Crippen molar-refractivity contribution in [3.05, 3.63) is 58.6 Å². The van der Waals surface area contributed by atoms with Crippen LogP contribution in [0.2, 0.25) is 0 Å². The molecule has 2 nitrogen and oxygen atoms in total. The van der Waals surface area contributed by atoms with E-state index in [0.29, 0.717) is 11.4 Å². The summed E-state index contributed by atoms with van der Waals surface area (Å²) >= 11 is 3.43. The van der Waals surface area contributed by atoms with Gasteiger partial charge in [0.05, 0.1) is 16.6 Å². The second kappa shape index (κ2) is 5.47. The third-order valence-electron chi connectivity index (χ3n) is 2.44. The van der Waals surface area contributed by atoms with Crippen molar-refractivity contribution in [3.8, 4) is 0 Å². The molecule has 2 aromatic carbocycles. The van der Waals surface area contributed by atoms with Crippen LogP contribution in [0.4, 0.5) is 5.69 Å². The zero-order valence-corrected chi connectivity index (χ0v) is 11.5. The second-order valence-corrected chi connectivity index (χ2v) is 5.92. The van der Waals surface area contributed by atoms with Crippen molar-refractivity contribution >= 4 is 32.4 Å². The van der Waals surface area contributed by atoms with Crippen LogP contribution in [0.5, 0.6) is 0 Å². The van der Waals surface area contributed by atoms with Crippen molar-refractivity contribution in [1.29, 1.82) is 0 Å². The van der Waals surface area contributed by atoms with Crippen molar-refractivity contribution in [2.75, 3.05) is 5.73 Å². The Bertz CT molecular complexity index is 522. The third-order valence-corrected chi connectivity index (χ3v) is 4.53. The van der Waals surface area contributed by atoms with Crippen LogP contribution < -0.4 is 5.73 Å². The van der Waals surface area contributed by atoms with Crippen LogP contribution in [0.1, 0.15) is 5.56 Å². The molecule has 2 aromatic rings. The van der Waals surface area contributed by atoms with Crippen LogP contribution in [0.3, 0.4) is 0 Å². The third kappa shape index (κ3) is 2.96. The van der Waals surface area contributed by atoms with Crippen molar-refractivity contribution in [2.24, 2.45) is 0 Å². The Balaban J connectivity index is 2.25. The van der Waals surface area contributed by atoms with Crippen LogP contribution in [0.15, 0.2) is 57.9 Å². The maximum Gasteiger partial charge on any atom is 0.0575 e. The molecule has 1 unspecified atom stereocenters. The van der Waals surface area contributed by atoms with Crippen molar-refractivity contribution < 1.29 is 4.21 Å². The van der Waals surface area contributed by atoms with E-state index in [4.69, 9.17) is 5.73 Å². The van der Waals surface area contributed by atoms with E-state index in [9.17, 15) is 4.21 Å². The predicted octanol–water partition coefficient (Wildman–Crippen LogP) is 3.34. The monoisotopic (exact) mass is 309 g/mol. The van der Waals surface area contributed by atoms with E-state index >= 15 is 0 Å². The minimum absolute atomic E-state index is 0.428. The highest BCUT2D eigenvalue weighted by Gasteiger charge is 2.10. The molecule has 0 aliphatic carbocycles. The Morgan fingerprint density at radius 3 is 2.41 bits per heavy atom. The van der Waals surface area contributed by atoms with E-state index in [0.717, 1.165) is 14.9 Å². The van der Waals surface area contributed by atoms with Gasteiger partial charge >= 0.3 is 0 Å². The Morgan fingerprint density at radius 2 is 1.76 bits per heavy atom. The van der Waals surface area contributed by atoms with Crippen LogP contribution in [-0.2, 0) is 16.6 Å². The van der Waals surface area contributed by atoms with Gasteiger partial charge in [-0.15, -0.1) is 0 Å². The lowest BCUT2D eigenvalue weighted by atomic mass is 10.2. The highest BCUT2D eigenvalue weighted by Crippen LogP contribution is 2.25. The average Bonchev–Trinajstić information content (AvgIpc) is 2.35. The maximum absolute atomic E-state index is 12.2. The van der Waals surface area contributed by atoms with E-state index in [1.54, 1.807) is 0 Å². The summed E-state index contributed by atoms with van der Waals surface area (Å²) in [6.07, 6.45) is 0. The van der Waals surface area contributed by atoms with Gasteiger partial charge in [-0.2, -0.15) is 0 Å². The number of hydrogen-bond donors (Lipinski definition) is 1. The van der Waals surface area contributed by atoms with Crippen molar-refractivity contribution in [3.63, 3.8) is 0 Å². The number of benzene rings is 2. The van der Waals surface area contributed by atoms with E-state index in [2.05, 4.69) is 15.9 Å². The van der Waals surface area contributed by atoms with Gasteiger partial charge in [-0.1, -0.05) is 40.2 Å². The maximum atomic E-state index is 12.2. The summed E-state index contributed by atoms with van der Waals surface area (Å²) in [4.78, 5) is 0.822. The number of anilines is 1. The fourth-order valence-electron chi connectivity index (χ4n) is 1.51. The standard InChI is InChI=1S/C13H12BrNOS/c14-12-7-4-8-13(15)11(12)9-17(16)10-5-2-1-3-6-10/h1-8H,9,15H2. The van der Waals surface area contributed by atoms with Gasteiger partial charge < -0.3 is 5.73 Å². The normalized spacial score (nSPS) is 12.3. The van der Waals surface area contributed by atoms with Gasteiger partial charge in [0, 0.05) is 20.6 Å². The highest BCUT2D eigenvalue weighted by atomic mass is 79.9. The van der Waals surface area contributed by atoms with Gasteiger partial charge in [-0.25, -0.2) is 0 Å². The zero-order chi connectivity index (χ0) is 12.3. The molecule has 0 aliphatic rings. The molecule has 0 aromatic heterocycles. The fourth-order valence-corrected chi connectivity index (χ4v) is 3.43. The molecule has 17 heavy (non-hydrogen) atoms. The number of rotatable bonds is 3. The van der Waals surface area contributed by atoms with Crippen molar-refractivity contribution in [2.45, 2.75) is 10.6 Å². The first-order valence-corrected chi connectivity index (χ1v) is 7.26. The van der Waals surface area contributed by atoms with E-state index in [1.807, 2.05) is 48.5 Å². The van der Waals surface area contributed by atoms with Crippen LogP contribution in [0, 0.1) is 0 Å². The molecule has 2 rings (SSSR count). The van der Waals surface area contributed by atoms with Gasteiger partial charge in [-0.05, 0) is 24.3 Å². The molecule has 0 saturated carbocycles. The second-order valence-electron chi connectivity index (χ2n) is 3.61. The Labute approximate surface area is 111 Å². The molecule has 2 N–H and O–H groups in total. The zero-order valence-electron chi connectivity index (χ0n) is 9.10. The molecule has 0 amide bonds. The van der Waals surface area contributed by atoms with Gasteiger partial charge in [-0.3, -0.25) is 4.21 Å². The summed E-state index contributed by atoms with van der Waals surface area (Å²) in [5, 5.41) is 0. The molecule has 4 heteroatoms. The summed E-state index contributed by atoms with van der Waals surface area (Å²) in [5.74, 6) is 0.428. The van der Waals surface area contributed by atoms with Gasteiger partial charge in [0.1, 0.15) is 0 Å². The van der Waals surface area contributed by atoms with Crippen LogP contribution in [0.25, 0.3) is 0 Å². The lowest BCUT2D eigenvalue weighted by Crippen LogP contribution is -2.01. The first-order valence-electron chi connectivity index (χ1n) is 5.15. The number of nitrogen functional groups attached to an aromatic ring is 1. The minimum Gasteiger partial charge on any atom is -0.398 e. The lowest BCUT2D eigenvalue weighted by molar-refractivity contribution is 0.682. The van der Waals surface area contributed by atoms with E-state index < -0.39 is 10.8 Å². The average molecular weight is 310 g/mol. The van der Waals surface area contributed by atoms with Gasteiger partial charge in [0.15, 0.2) is 0 Å². The summed E-state index contributed by atoms with van der Waals surface area (Å²) in [6.45, 7) is 0. The topological polar surface area (TPSA) is 43.1 Å². The Hall–Kier alpha value is -1.13. The Morgan fingerprint density at radius 1 is 1.06 bits per heavy atom. The molecule has 0 fully saturated rings. The van der Waals surface area contributed by atoms with Crippen molar-refractivity contribution in [1.82, 2.24) is 0 Å². The summed E-state index contributed by atoms with van der Waals surface area (Å²) in [5.41, 5.74) is 7.45. The van der Waals surface area contributed by atoms with Gasteiger partial charge in [0.25, 0.3) is 0 Å². The molecule has 0 heterocycles. The SMILES string of the molecule is Nc1cccc(Br)c1CS(=O)c1ccccc1. The first kappa shape index (κ1) is 12.3. The molecule has 0 aliphatic heterocycles. The summed E-state index contributed by atoms with van der Waals surface area (Å²) in [7, 11) is -1.06. The van der Waals surface area contributed by atoms with Gasteiger partial charge in [0.2, 0.25) is 0 Å². The number of nitrogens with two attached hydrogens (primary N) is 1. The molecule has 0 radical (unpaired) electrons. The highest BCUT2D eigenvalue weighted by molar-refractivity contribution is 9.10. The van der Waals surface area contributed by atoms with Crippen LogP contribution in [-0.4, -0.2) is 4.21 Å². The molecule has 88 valence electrons. The molecule has 0 bridgehead atoms. The molecule has 1 atom stereocenters. The smallest absolute Gasteiger partial charge is 0.0575 e. The number of hydrogen-bond acceptors (Lipinski definition) is 2. The quantitative estimate of drug-likeness (QED) is 0.884. The van der Waals surface area contributed by atoms with E-state index in [-0.39, 0.29) is 0 Å². The summed E-state index contributed by atoms with van der Waals surface area (Å²) < 4.78 is 13.1. The first-order chi connectivity index (χ1) is 8.18. The molecule has 0 spiro atoms. The fraction of sp³-hybridized carbons (Fsp3) is 0.0769. The predicted molar refractivity (Wildman–Crippen MR) is 75.1 cm³/mol. The lowest BCUT2D eigenvalue weighted by Gasteiger charge is -2.08. The minimum atomic E-state index is -1.06. The molecular weight excluding hydrogens is 298 g/mol. The molecular formula is C13H12BrNOS. The largest absolute Gasteiger partial charge is 0.398 e. The van der Waals surface area contributed by atoms with E-state index in [1.165, 1.54) is 0 Å². The van der Waals surface area contributed by atoms with Crippen LogP contribution >= 0.6 is 15.9 Å². The summed E-state index contributed by atoms with van der Waals surface area (Å²) in [6, 6.07) is 15.0.